The van der Waals surface area contributed by atoms with Crippen molar-refractivity contribution in [3.8, 4) is 23.0 Å². The third-order valence-electron chi connectivity index (χ3n) is 12.7. The molecule has 0 unspecified atom stereocenters. The molecule has 2 N–H and O–H groups in total. The number of alkyl halides is 3. The van der Waals surface area contributed by atoms with E-state index in [0.29, 0.717) is 61.5 Å². The van der Waals surface area contributed by atoms with E-state index in [4.69, 9.17) is 37.4 Å². The fourth-order valence-corrected chi connectivity index (χ4v) is 10.5. The average molecular weight is 1030 g/mol. The maximum atomic E-state index is 15.5. The highest BCUT2D eigenvalue weighted by atomic mass is 79.9. The molecule has 6 aromatic rings. The molecule has 2 aliphatic heterocycles. The monoisotopic (exact) mass is 1030 g/mol. The van der Waals surface area contributed by atoms with E-state index < -0.39 is 74.6 Å². The van der Waals surface area contributed by atoms with E-state index in [1.54, 1.807) is 43.5 Å². The average Bonchev–Trinajstić information content (AvgIpc) is 3.67. The van der Waals surface area contributed by atoms with Crippen LogP contribution in [-0.4, -0.2) is 71.7 Å². The number of imide groups is 1. The maximum absolute atomic E-state index is 15.5. The Morgan fingerprint density at radius 1 is 0.940 bits per heavy atom. The Kier molecular flexibility index (Phi) is 11.3. The van der Waals surface area contributed by atoms with E-state index in [0.717, 1.165) is 4.57 Å². The molecule has 23 heteroatoms. The van der Waals surface area contributed by atoms with Gasteiger partial charge in [0, 0.05) is 49.3 Å². The van der Waals surface area contributed by atoms with Gasteiger partial charge in [0.2, 0.25) is 0 Å². The number of nitrogens with zero attached hydrogens (tertiary/aromatic N) is 7. The summed E-state index contributed by atoms with van der Waals surface area (Å²) in [6.07, 6.45) is -2.99. The Hall–Kier alpha value is -6.58. The fourth-order valence-electron chi connectivity index (χ4n) is 9.66. The number of phenols is 1. The molecule has 0 spiro atoms. The first-order valence-electron chi connectivity index (χ1n) is 20.3. The lowest BCUT2D eigenvalue weighted by atomic mass is 9.53. The number of carbonyl (C=O) groups is 2. The standard InChI is InChI=1S/C44H36BrCl2F3N8O9/c1-54-31-18-33(66-3)32(65-2)17-29(31)52-28(39(54)61)10-11-55-41(63)56-12-9-24-30(58(56)42(55)64)16-25-38(60)57(53-37-27(47)15-22(19-51-37)44(48,49)50)40(62)43(25,21-5-7-23(46)8-6-21)35(24)20-13-26(45)36(59)34(14-20)67-4/h5-9,13-15,17-19,25,30,35,59H,10-12,16H2,1-4H3,(H,51,53)/t25-,30+,35-,43+/m0/s1. The van der Waals surface area contributed by atoms with Crippen molar-refractivity contribution in [3.05, 3.63) is 141 Å². The van der Waals surface area contributed by atoms with Crippen LogP contribution in [0.15, 0.2) is 91.3 Å². The molecule has 2 amide bonds. The molecule has 67 heavy (non-hydrogen) atoms. The number of halogens is 6. The number of anilines is 1. The molecule has 3 aliphatic rings. The first kappa shape index (κ1) is 45.6. The smallest absolute Gasteiger partial charge is 0.417 e. The number of hydrogen-bond acceptors (Lipinski definition) is 12. The van der Waals surface area contributed by atoms with Crippen LogP contribution in [-0.2, 0) is 47.7 Å². The van der Waals surface area contributed by atoms with Gasteiger partial charge < -0.3 is 23.9 Å². The zero-order valence-corrected chi connectivity index (χ0v) is 38.6. The van der Waals surface area contributed by atoms with Gasteiger partial charge in [0.1, 0.15) is 5.69 Å². The van der Waals surface area contributed by atoms with Gasteiger partial charge in [-0.15, -0.1) is 0 Å². The number of aryl methyl sites for hydroxylation is 2. The molecule has 3 aromatic carbocycles. The first-order chi connectivity index (χ1) is 31.8. The molecule has 17 nitrogen and oxygen atoms in total. The highest BCUT2D eigenvalue weighted by molar-refractivity contribution is 9.10. The Morgan fingerprint density at radius 3 is 2.28 bits per heavy atom. The van der Waals surface area contributed by atoms with Gasteiger partial charge in [-0.25, -0.2) is 33.5 Å². The van der Waals surface area contributed by atoms with E-state index in [9.17, 15) is 32.7 Å². The summed E-state index contributed by atoms with van der Waals surface area (Å²) in [5.74, 6) is -4.20. The molecular weight excluding hydrogens is 992 g/mol. The van der Waals surface area contributed by atoms with Crippen LogP contribution >= 0.6 is 39.1 Å². The summed E-state index contributed by atoms with van der Waals surface area (Å²) >= 11 is 16.1. The van der Waals surface area contributed by atoms with Crippen molar-refractivity contribution in [1.82, 2.24) is 33.5 Å². The quantitative estimate of drug-likeness (QED) is 0.118. The number of carbonyl (C=O) groups excluding carboxylic acids is 2. The molecule has 0 radical (unpaired) electrons. The van der Waals surface area contributed by atoms with Crippen molar-refractivity contribution in [2.45, 2.75) is 49.5 Å². The summed E-state index contributed by atoms with van der Waals surface area (Å²) in [5.41, 5.74) is -0.457. The number of amides is 2. The number of ether oxygens (including phenoxy) is 3. The van der Waals surface area contributed by atoms with E-state index in [1.807, 2.05) is 0 Å². The van der Waals surface area contributed by atoms with E-state index in [1.165, 1.54) is 53.5 Å². The molecular formula is C44H36BrCl2F3N8O9. The third-order valence-corrected chi connectivity index (χ3v) is 13.9. The van der Waals surface area contributed by atoms with Gasteiger partial charge in [-0.2, -0.15) is 18.2 Å². The van der Waals surface area contributed by atoms with Crippen molar-refractivity contribution in [3.63, 3.8) is 0 Å². The normalized spacial score (nSPS) is 20.1. The van der Waals surface area contributed by atoms with Gasteiger partial charge in [0.25, 0.3) is 17.4 Å². The highest BCUT2D eigenvalue weighted by Gasteiger charge is 2.69. The van der Waals surface area contributed by atoms with Crippen LogP contribution in [0.2, 0.25) is 10.0 Å². The zero-order chi connectivity index (χ0) is 48.0. The van der Waals surface area contributed by atoms with Crippen LogP contribution < -0.4 is 36.6 Å². The molecule has 5 heterocycles. The number of rotatable bonds is 10. The number of pyridine rings is 1. The Labute approximate surface area is 394 Å². The van der Waals surface area contributed by atoms with Crippen molar-refractivity contribution in [1.29, 1.82) is 0 Å². The SMILES string of the molecule is COc1cc2nc(CCn3c(=O)n4n(c3=O)[C@@H]3C[C@H]5C(=O)N(Nc6ncc(C(F)(F)F)cc6Cl)C(=O)[C@@]5(c5ccc(Cl)cc5)[C@@H](c5cc(Br)c(O)c(OC)c5)C3=CC4)c(=O)n(C)c2cc1OC. The molecule has 9 rings (SSSR count). The Bertz CT molecular complexity index is 3300. The lowest BCUT2D eigenvalue weighted by Gasteiger charge is -2.49. The number of aromatic nitrogens is 6. The summed E-state index contributed by atoms with van der Waals surface area (Å²) in [5, 5.41) is 11.4. The number of hydrazine groups is 1. The number of methoxy groups -OCH3 is 3. The molecule has 3 aromatic heterocycles. The van der Waals surface area contributed by atoms with Crippen LogP contribution in [0.25, 0.3) is 11.0 Å². The minimum Gasteiger partial charge on any atom is -0.503 e. The summed E-state index contributed by atoms with van der Waals surface area (Å²) < 4.78 is 62.1. The van der Waals surface area contributed by atoms with Gasteiger partial charge in [-0.05, 0) is 69.4 Å². The lowest BCUT2D eigenvalue weighted by molar-refractivity contribution is -0.139. The molecule has 4 atom stereocenters. The minimum absolute atomic E-state index is 0.00976. The summed E-state index contributed by atoms with van der Waals surface area (Å²) in [4.78, 5) is 81.5. The fraction of sp³-hybridized carbons (Fsp3) is 0.295. The number of hydrogen-bond donors (Lipinski definition) is 2. The van der Waals surface area contributed by atoms with Crippen molar-refractivity contribution in [2.24, 2.45) is 13.0 Å². The molecule has 0 bridgehead atoms. The van der Waals surface area contributed by atoms with Gasteiger partial charge in [0.05, 0.1) is 71.3 Å². The second-order valence-electron chi connectivity index (χ2n) is 16.0. The van der Waals surface area contributed by atoms with Gasteiger partial charge in [-0.1, -0.05) is 41.4 Å². The second-order valence-corrected chi connectivity index (χ2v) is 17.7. The second kappa shape index (κ2) is 16.6. The van der Waals surface area contributed by atoms with Crippen molar-refractivity contribution in [2.75, 3.05) is 26.8 Å². The predicted octanol–water partition coefficient (Wildman–Crippen LogP) is 6.13. The van der Waals surface area contributed by atoms with Crippen molar-refractivity contribution >= 4 is 67.8 Å². The number of benzene rings is 3. The minimum atomic E-state index is -4.80. The van der Waals surface area contributed by atoms with E-state index in [-0.39, 0.29) is 47.6 Å². The summed E-state index contributed by atoms with van der Waals surface area (Å²) in [7, 11) is 5.79. The Morgan fingerprint density at radius 2 is 1.63 bits per heavy atom. The van der Waals surface area contributed by atoms with E-state index >= 15 is 9.59 Å². The number of aromatic hydroxyl groups is 1. The molecule has 1 saturated carbocycles. The van der Waals surface area contributed by atoms with Crippen LogP contribution in [0.3, 0.4) is 0 Å². The van der Waals surface area contributed by atoms with E-state index in [2.05, 4.69) is 31.3 Å². The summed E-state index contributed by atoms with van der Waals surface area (Å²) in [6, 6.07) is 12.0. The predicted molar refractivity (Wildman–Crippen MR) is 240 cm³/mol. The van der Waals surface area contributed by atoms with Gasteiger partial charge in [0.15, 0.2) is 28.8 Å². The molecule has 2 fully saturated rings. The van der Waals surface area contributed by atoms with Crippen LogP contribution in [0.1, 0.15) is 40.8 Å². The number of nitrogens with one attached hydrogen (secondary N) is 1. The van der Waals surface area contributed by atoms with Gasteiger partial charge in [-0.3, -0.25) is 19.8 Å². The molecule has 1 aliphatic carbocycles. The molecule has 1 saturated heterocycles. The first-order valence-corrected chi connectivity index (χ1v) is 21.8. The number of phenolic OH excluding ortho intramolecular Hbond substituents is 1. The number of allylic oxidation sites excluding steroid dienone is 2. The maximum Gasteiger partial charge on any atom is 0.417 e. The summed E-state index contributed by atoms with van der Waals surface area (Å²) in [6.45, 7) is -0.443. The lowest BCUT2D eigenvalue weighted by Crippen LogP contribution is -2.53. The Balaban J connectivity index is 1.19. The molecule has 348 valence electrons. The highest BCUT2D eigenvalue weighted by Crippen LogP contribution is 2.62. The topological polar surface area (TPSA) is 194 Å². The third kappa shape index (κ3) is 7.07. The van der Waals surface area contributed by atoms with Crippen molar-refractivity contribution < 1.29 is 42.1 Å². The zero-order valence-electron chi connectivity index (χ0n) is 35.5. The van der Waals surface area contributed by atoms with Crippen LogP contribution in [0.4, 0.5) is 19.0 Å². The number of fused-ring (bicyclic) bond motifs is 5. The van der Waals surface area contributed by atoms with Crippen LogP contribution in [0.5, 0.6) is 23.0 Å². The van der Waals surface area contributed by atoms with Crippen LogP contribution in [0, 0.1) is 5.92 Å². The largest absolute Gasteiger partial charge is 0.503 e. The van der Waals surface area contributed by atoms with Gasteiger partial charge >= 0.3 is 17.6 Å².